The highest BCUT2D eigenvalue weighted by atomic mass is 16.5. The van der Waals surface area contributed by atoms with Crippen LogP contribution in [0.2, 0.25) is 0 Å². The second-order valence-electron chi connectivity index (χ2n) is 5.38. The molecule has 1 saturated heterocycles. The van der Waals surface area contributed by atoms with Crippen LogP contribution in [0.4, 0.5) is 0 Å². The number of hydrogen-bond acceptors (Lipinski definition) is 4. The van der Waals surface area contributed by atoms with Gasteiger partial charge in [0.25, 0.3) is 0 Å². The van der Waals surface area contributed by atoms with Crippen molar-refractivity contribution < 1.29 is 9.15 Å². The third-order valence-corrected chi connectivity index (χ3v) is 3.83. The molecule has 1 N–H and O–H groups in total. The SMILES string of the molecule is Cc1ccc(CNC[C@@H]2CCO[C@H]2c2nccn2C)o1. The van der Waals surface area contributed by atoms with Crippen LogP contribution in [-0.4, -0.2) is 22.7 Å². The highest BCUT2D eigenvalue weighted by Gasteiger charge is 2.31. The number of imidazole rings is 1. The lowest BCUT2D eigenvalue weighted by atomic mass is 10.0. The van der Waals surface area contributed by atoms with Crippen molar-refractivity contribution in [2.24, 2.45) is 13.0 Å². The van der Waals surface area contributed by atoms with Gasteiger partial charge in [0.05, 0.1) is 6.54 Å². The largest absolute Gasteiger partial charge is 0.465 e. The Balaban J connectivity index is 1.55. The topological polar surface area (TPSA) is 52.2 Å². The number of nitrogens with zero attached hydrogens (tertiary/aromatic N) is 2. The van der Waals surface area contributed by atoms with E-state index in [0.29, 0.717) is 5.92 Å². The zero-order valence-corrected chi connectivity index (χ0v) is 12.0. The molecule has 108 valence electrons. The molecule has 2 aromatic heterocycles. The van der Waals surface area contributed by atoms with E-state index in [1.165, 1.54) is 0 Å². The standard InChI is InChI=1S/C15H21N3O2/c1-11-3-4-13(20-11)10-16-9-12-5-8-19-14(12)15-17-6-7-18(15)2/h3-4,6-7,12,14,16H,5,8-10H2,1-2H3/t12-,14+/m0/s1. The molecular weight excluding hydrogens is 254 g/mol. The molecule has 0 saturated carbocycles. The fourth-order valence-corrected chi connectivity index (χ4v) is 2.74. The number of ether oxygens (including phenoxy) is 1. The van der Waals surface area contributed by atoms with E-state index in [0.717, 1.165) is 43.5 Å². The predicted molar refractivity (Wildman–Crippen MR) is 75.2 cm³/mol. The summed E-state index contributed by atoms with van der Waals surface area (Å²) in [6.07, 6.45) is 4.96. The van der Waals surface area contributed by atoms with Crippen molar-refractivity contribution in [3.63, 3.8) is 0 Å². The Morgan fingerprint density at radius 1 is 1.45 bits per heavy atom. The second-order valence-corrected chi connectivity index (χ2v) is 5.38. The van der Waals surface area contributed by atoms with Gasteiger partial charge in [0, 0.05) is 38.5 Å². The molecule has 5 heteroatoms. The normalized spacial score (nSPS) is 22.5. The number of hydrogen-bond donors (Lipinski definition) is 1. The quantitative estimate of drug-likeness (QED) is 0.909. The van der Waals surface area contributed by atoms with Crippen molar-refractivity contribution >= 4 is 0 Å². The first-order valence-electron chi connectivity index (χ1n) is 7.09. The van der Waals surface area contributed by atoms with E-state index in [-0.39, 0.29) is 6.10 Å². The van der Waals surface area contributed by atoms with E-state index in [9.17, 15) is 0 Å². The molecule has 2 aromatic rings. The van der Waals surface area contributed by atoms with Gasteiger partial charge in [-0.3, -0.25) is 0 Å². The lowest BCUT2D eigenvalue weighted by Gasteiger charge is -2.18. The average molecular weight is 275 g/mol. The van der Waals surface area contributed by atoms with Crippen LogP contribution in [0.5, 0.6) is 0 Å². The maximum Gasteiger partial charge on any atom is 0.137 e. The van der Waals surface area contributed by atoms with Crippen LogP contribution in [0.3, 0.4) is 0 Å². The van der Waals surface area contributed by atoms with Gasteiger partial charge in [-0.1, -0.05) is 0 Å². The van der Waals surface area contributed by atoms with Crippen LogP contribution in [0, 0.1) is 12.8 Å². The number of aryl methyl sites for hydroxylation is 2. The summed E-state index contributed by atoms with van der Waals surface area (Å²) in [6.45, 7) is 4.45. The Morgan fingerprint density at radius 3 is 3.05 bits per heavy atom. The number of aromatic nitrogens is 2. The summed E-state index contributed by atoms with van der Waals surface area (Å²) in [5.41, 5.74) is 0. The minimum absolute atomic E-state index is 0.0980. The van der Waals surface area contributed by atoms with Gasteiger partial charge in [-0.15, -0.1) is 0 Å². The van der Waals surface area contributed by atoms with E-state index in [2.05, 4.69) is 10.3 Å². The van der Waals surface area contributed by atoms with Crippen LogP contribution in [0.15, 0.2) is 28.9 Å². The van der Waals surface area contributed by atoms with Crippen LogP contribution >= 0.6 is 0 Å². The summed E-state index contributed by atoms with van der Waals surface area (Å²) in [7, 11) is 2.01. The molecule has 1 aliphatic heterocycles. The fraction of sp³-hybridized carbons (Fsp3) is 0.533. The zero-order valence-electron chi connectivity index (χ0n) is 12.0. The Morgan fingerprint density at radius 2 is 2.35 bits per heavy atom. The molecule has 3 rings (SSSR count). The molecule has 0 unspecified atom stereocenters. The van der Waals surface area contributed by atoms with E-state index >= 15 is 0 Å². The van der Waals surface area contributed by atoms with Crippen LogP contribution in [0.25, 0.3) is 0 Å². The summed E-state index contributed by atoms with van der Waals surface area (Å²) in [4.78, 5) is 4.41. The highest BCUT2D eigenvalue weighted by molar-refractivity contribution is 5.05. The molecule has 20 heavy (non-hydrogen) atoms. The fourth-order valence-electron chi connectivity index (χ4n) is 2.74. The van der Waals surface area contributed by atoms with Crippen molar-refractivity contribution in [1.82, 2.24) is 14.9 Å². The molecule has 1 fully saturated rings. The van der Waals surface area contributed by atoms with Crippen molar-refractivity contribution in [3.8, 4) is 0 Å². The first-order chi connectivity index (χ1) is 9.74. The first kappa shape index (κ1) is 13.4. The summed E-state index contributed by atoms with van der Waals surface area (Å²) in [5.74, 6) is 3.42. The highest BCUT2D eigenvalue weighted by Crippen LogP contribution is 2.32. The molecule has 0 bridgehead atoms. The predicted octanol–water partition coefficient (Wildman–Crippen LogP) is 2.19. The molecule has 0 aromatic carbocycles. The maximum atomic E-state index is 5.85. The monoisotopic (exact) mass is 275 g/mol. The Hall–Kier alpha value is -1.59. The van der Waals surface area contributed by atoms with Crippen molar-refractivity contribution in [3.05, 3.63) is 41.9 Å². The van der Waals surface area contributed by atoms with Gasteiger partial charge >= 0.3 is 0 Å². The zero-order chi connectivity index (χ0) is 13.9. The van der Waals surface area contributed by atoms with Crippen molar-refractivity contribution in [2.75, 3.05) is 13.2 Å². The number of rotatable bonds is 5. The molecule has 1 aliphatic rings. The second kappa shape index (κ2) is 5.81. The third-order valence-electron chi connectivity index (χ3n) is 3.83. The minimum atomic E-state index is 0.0980. The minimum Gasteiger partial charge on any atom is -0.465 e. The molecule has 0 aliphatic carbocycles. The van der Waals surface area contributed by atoms with Crippen LogP contribution in [-0.2, 0) is 18.3 Å². The van der Waals surface area contributed by atoms with E-state index < -0.39 is 0 Å². The summed E-state index contributed by atoms with van der Waals surface area (Å²) in [5, 5.41) is 3.46. The van der Waals surface area contributed by atoms with Crippen molar-refractivity contribution in [1.29, 1.82) is 0 Å². The van der Waals surface area contributed by atoms with E-state index in [4.69, 9.17) is 9.15 Å². The average Bonchev–Trinajstić information content (AvgIpc) is 3.12. The van der Waals surface area contributed by atoms with Gasteiger partial charge in [0.1, 0.15) is 23.4 Å². The molecule has 0 amide bonds. The third kappa shape index (κ3) is 2.78. The van der Waals surface area contributed by atoms with Gasteiger partial charge in [-0.05, 0) is 25.5 Å². The smallest absolute Gasteiger partial charge is 0.137 e. The number of furan rings is 1. The lowest BCUT2D eigenvalue weighted by Crippen LogP contribution is -2.25. The van der Waals surface area contributed by atoms with Gasteiger partial charge in [0.15, 0.2) is 0 Å². The molecule has 2 atom stereocenters. The summed E-state index contributed by atoms with van der Waals surface area (Å²) < 4.78 is 13.4. The van der Waals surface area contributed by atoms with Gasteiger partial charge < -0.3 is 19.0 Å². The van der Waals surface area contributed by atoms with Crippen LogP contribution in [0.1, 0.15) is 29.9 Å². The molecule has 0 radical (unpaired) electrons. The number of nitrogens with one attached hydrogen (secondary N) is 1. The van der Waals surface area contributed by atoms with E-state index in [1.807, 2.05) is 43.1 Å². The molecular formula is C15H21N3O2. The molecule has 0 spiro atoms. The Kier molecular flexibility index (Phi) is 3.89. The summed E-state index contributed by atoms with van der Waals surface area (Å²) in [6, 6.07) is 4.01. The van der Waals surface area contributed by atoms with Gasteiger partial charge in [-0.2, -0.15) is 0 Å². The summed E-state index contributed by atoms with van der Waals surface area (Å²) >= 11 is 0. The molecule has 5 nitrogen and oxygen atoms in total. The van der Waals surface area contributed by atoms with Gasteiger partial charge in [-0.25, -0.2) is 4.98 Å². The molecule has 3 heterocycles. The maximum absolute atomic E-state index is 5.85. The van der Waals surface area contributed by atoms with E-state index in [1.54, 1.807) is 0 Å². The first-order valence-corrected chi connectivity index (χ1v) is 7.09. The van der Waals surface area contributed by atoms with Crippen LogP contribution < -0.4 is 5.32 Å². The Bertz CT molecular complexity index is 561. The lowest BCUT2D eigenvalue weighted by molar-refractivity contribution is 0.0809. The Labute approximate surface area is 118 Å². The van der Waals surface area contributed by atoms with Crippen molar-refractivity contribution in [2.45, 2.75) is 26.0 Å². The van der Waals surface area contributed by atoms with Gasteiger partial charge in [0.2, 0.25) is 0 Å².